The van der Waals surface area contributed by atoms with Crippen LogP contribution in [0.3, 0.4) is 0 Å². The predicted molar refractivity (Wildman–Crippen MR) is 50.7 cm³/mol. The lowest BCUT2D eigenvalue weighted by molar-refractivity contribution is -0.137. The van der Waals surface area contributed by atoms with Gasteiger partial charge in [0.15, 0.2) is 0 Å². The lowest BCUT2D eigenvalue weighted by atomic mass is 10.2. The summed E-state index contributed by atoms with van der Waals surface area (Å²) in [6.07, 6.45) is 2.73. The van der Waals surface area contributed by atoms with E-state index in [-0.39, 0.29) is 13.0 Å². The van der Waals surface area contributed by atoms with Gasteiger partial charge in [-0.25, -0.2) is 0 Å². The van der Waals surface area contributed by atoms with Crippen molar-refractivity contribution in [2.75, 3.05) is 26.7 Å². The smallest absolute Gasteiger partial charge is 0.303 e. The van der Waals surface area contributed by atoms with E-state index in [0.29, 0.717) is 6.42 Å². The Morgan fingerprint density at radius 2 is 1.85 bits per heavy atom. The van der Waals surface area contributed by atoms with Gasteiger partial charge in [0.25, 0.3) is 0 Å². The van der Waals surface area contributed by atoms with Crippen LogP contribution in [0.1, 0.15) is 25.7 Å². The Balaban J connectivity index is 3.19. The van der Waals surface area contributed by atoms with Crippen molar-refractivity contribution in [2.24, 2.45) is 0 Å². The molecule has 0 unspecified atom stereocenters. The molecule has 0 rings (SSSR count). The van der Waals surface area contributed by atoms with Crippen LogP contribution in [0.5, 0.6) is 0 Å². The van der Waals surface area contributed by atoms with Crippen LogP contribution in [0.4, 0.5) is 0 Å². The van der Waals surface area contributed by atoms with E-state index in [1.54, 1.807) is 0 Å². The van der Waals surface area contributed by atoms with Gasteiger partial charge in [0, 0.05) is 13.0 Å². The molecule has 0 radical (unpaired) electrons. The molecule has 2 N–H and O–H groups in total. The Morgan fingerprint density at radius 1 is 1.23 bits per heavy atom. The fraction of sp³-hybridized carbons (Fsp3) is 0.889. The number of aliphatic hydroxyl groups is 1. The van der Waals surface area contributed by atoms with Gasteiger partial charge in [0.1, 0.15) is 0 Å². The minimum atomic E-state index is -0.733. The number of unbranched alkanes of at least 4 members (excludes halogenated alkanes) is 1. The summed E-state index contributed by atoms with van der Waals surface area (Å²) in [7, 11) is 1.97. The largest absolute Gasteiger partial charge is 0.481 e. The van der Waals surface area contributed by atoms with Crippen molar-refractivity contribution in [2.45, 2.75) is 25.7 Å². The molecule has 0 atom stereocenters. The summed E-state index contributed by atoms with van der Waals surface area (Å²) in [5.41, 5.74) is 0. The van der Waals surface area contributed by atoms with E-state index in [0.717, 1.165) is 25.9 Å². The molecule has 13 heavy (non-hydrogen) atoms. The predicted octanol–water partition coefficient (Wildman–Crippen LogP) is 0.556. The van der Waals surface area contributed by atoms with Gasteiger partial charge in [0.2, 0.25) is 0 Å². The average molecular weight is 189 g/mol. The second-order valence-corrected chi connectivity index (χ2v) is 3.23. The first kappa shape index (κ1) is 12.4. The standard InChI is InChI=1S/C9H19NO3/c1-10(6-2-3-8-11)7-4-5-9(12)13/h11H,2-8H2,1H3,(H,12,13). The van der Waals surface area contributed by atoms with Crippen LogP contribution < -0.4 is 0 Å². The van der Waals surface area contributed by atoms with Gasteiger partial charge in [-0.05, 0) is 39.4 Å². The van der Waals surface area contributed by atoms with Crippen LogP contribution in [-0.4, -0.2) is 47.8 Å². The number of carbonyl (C=O) groups is 1. The van der Waals surface area contributed by atoms with Gasteiger partial charge in [-0.1, -0.05) is 0 Å². The first-order valence-electron chi connectivity index (χ1n) is 4.68. The van der Waals surface area contributed by atoms with Crippen molar-refractivity contribution in [3.8, 4) is 0 Å². The Morgan fingerprint density at radius 3 is 2.38 bits per heavy atom. The maximum Gasteiger partial charge on any atom is 0.303 e. The number of aliphatic hydroxyl groups excluding tert-OH is 1. The molecule has 0 amide bonds. The topological polar surface area (TPSA) is 60.8 Å². The zero-order valence-corrected chi connectivity index (χ0v) is 8.20. The van der Waals surface area contributed by atoms with Crippen LogP contribution in [0, 0.1) is 0 Å². The lowest BCUT2D eigenvalue weighted by Gasteiger charge is -2.15. The number of hydrogen-bond acceptors (Lipinski definition) is 3. The molecular formula is C9H19NO3. The third kappa shape index (κ3) is 9.30. The van der Waals surface area contributed by atoms with E-state index in [1.807, 2.05) is 7.05 Å². The summed E-state index contributed by atoms with van der Waals surface area (Å²) in [4.78, 5) is 12.3. The molecular weight excluding hydrogens is 170 g/mol. The highest BCUT2D eigenvalue weighted by atomic mass is 16.4. The monoisotopic (exact) mass is 189 g/mol. The number of nitrogens with zero attached hydrogens (tertiary/aromatic N) is 1. The molecule has 0 aromatic carbocycles. The van der Waals surface area contributed by atoms with E-state index >= 15 is 0 Å². The van der Waals surface area contributed by atoms with Crippen LogP contribution in [0.25, 0.3) is 0 Å². The molecule has 0 aliphatic carbocycles. The van der Waals surface area contributed by atoms with E-state index in [4.69, 9.17) is 10.2 Å². The SMILES string of the molecule is CN(CCCCO)CCCC(=O)O. The van der Waals surface area contributed by atoms with Crippen molar-refractivity contribution in [1.29, 1.82) is 0 Å². The van der Waals surface area contributed by atoms with Crippen LogP contribution in [-0.2, 0) is 4.79 Å². The molecule has 0 bridgehead atoms. The van der Waals surface area contributed by atoms with Crippen LogP contribution in [0.15, 0.2) is 0 Å². The van der Waals surface area contributed by atoms with E-state index in [9.17, 15) is 4.79 Å². The van der Waals surface area contributed by atoms with E-state index in [2.05, 4.69) is 4.90 Å². The van der Waals surface area contributed by atoms with Crippen molar-refractivity contribution in [3.05, 3.63) is 0 Å². The zero-order valence-electron chi connectivity index (χ0n) is 8.20. The summed E-state index contributed by atoms with van der Waals surface area (Å²) in [6, 6.07) is 0. The first-order chi connectivity index (χ1) is 6.16. The van der Waals surface area contributed by atoms with Gasteiger partial charge in [-0.15, -0.1) is 0 Å². The highest BCUT2D eigenvalue weighted by Crippen LogP contribution is 1.96. The summed E-state index contributed by atoms with van der Waals surface area (Å²) in [5.74, 6) is -0.733. The van der Waals surface area contributed by atoms with Crippen molar-refractivity contribution < 1.29 is 15.0 Å². The second-order valence-electron chi connectivity index (χ2n) is 3.23. The number of aliphatic carboxylic acids is 1. The minimum Gasteiger partial charge on any atom is -0.481 e. The van der Waals surface area contributed by atoms with Gasteiger partial charge in [0.05, 0.1) is 0 Å². The Labute approximate surface area is 79.2 Å². The Kier molecular flexibility index (Phi) is 7.63. The van der Waals surface area contributed by atoms with Crippen molar-refractivity contribution in [3.63, 3.8) is 0 Å². The first-order valence-corrected chi connectivity index (χ1v) is 4.68. The van der Waals surface area contributed by atoms with Crippen molar-refractivity contribution in [1.82, 2.24) is 4.90 Å². The zero-order chi connectivity index (χ0) is 10.1. The third-order valence-electron chi connectivity index (χ3n) is 1.88. The summed E-state index contributed by atoms with van der Waals surface area (Å²) < 4.78 is 0. The van der Waals surface area contributed by atoms with E-state index < -0.39 is 5.97 Å². The molecule has 0 spiro atoms. The maximum atomic E-state index is 10.2. The molecule has 0 heterocycles. The molecule has 0 aliphatic rings. The molecule has 0 aliphatic heterocycles. The molecule has 4 heteroatoms. The normalized spacial score (nSPS) is 10.7. The van der Waals surface area contributed by atoms with Gasteiger partial charge in [-0.2, -0.15) is 0 Å². The summed E-state index contributed by atoms with van der Waals surface area (Å²) >= 11 is 0. The highest BCUT2D eigenvalue weighted by Gasteiger charge is 2.00. The highest BCUT2D eigenvalue weighted by molar-refractivity contribution is 5.66. The van der Waals surface area contributed by atoms with Gasteiger partial charge < -0.3 is 15.1 Å². The van der Waals surface area contributed by atoms with Crippen molar-refractivity contribution >= 4 is 5.97 Å². The molecule has 0 saturated heterocycles. The molecule has 0 fully saturated rings. The fourth-order valence-electron chi connectivity index (χ4n) is 1.11. The van der Waals surface area contributed by atoms with Gasteiger partial charge >= 0.3 is 5.97 Å². The Bertz CT molecular complexity index is 139. The molecule has 4 nitrogen and oxygen atoms in total. The van der Waals surface area contributed by atoms with Crippen LogP contribution in [0.2, 0.25) is 0 Å². The number of rotatable bonds is 8. The third-order valence-corrected chi connectivity index (χ3v) is 1.88. The quantitative estimate of drug-likeness (QED) is 0.548. The molecule has 0 aromatic rings. The average Bonchev–Trinajstić information content (AvgIpc) is 2.04. The fourth-order valence-corrected chi connectivity index (χ4v) is 1.11. The summed E-state index contributed by atoms with van der Waals surface area (Å²) in [6.45, 7) is 1.99. The van der Waals surface area contributed by atoms with Gasteiger partial charge in [-0.3, -0.25) is 4.79 Å². The molecule has 0 aromatic heterocycles. The van der Waals surface area contributed by atoms with Crippen LogP contribution >= 0.6 is 0 Å². The number of carboxylic acid groups (broad SMARTS) is 1. The van der Waals surface area contributed by atoms with E-state index in [1.165, 1.54) is 0 Å². The number of hydrogen-bond donors (Lipinski definition) is 2. The number of carboxylic acids is 1. The maximum absolute atomic E-state index is 10.2. The minimum absolute atomic E-state index is 0.239. The molecule has 78 valence electrons. The lowest BCUT2D eigenvalue weighted by Crippen LogP contribution is -2.21. The summed E-state index contributed by atoms with van der Waals surface area (Å²) in [5, 5.41) is 16.9. The second kappa shape index (κ2) is 8.01. The molecule has 0 saturated carbocycles. The Hall–Kier alpha value is -0.610.